The van der Waals surface area contributed by atoms with Crippen molar-refractivity contribution in [1.82, 2.24) is 4.72 Å². The summed E-state index contributed by atoms with van der Waals surface area (Å²) in [4.78, 5) is 0.146. The predicted octanol–water partition coefficient (Wildman–Crippen LogP) is 3.52. The van der Waals surface area contributed by atoms with Crippen molar-refractivity contribution in [3.8, 4) is 0 Å². The van der Waals surface area contributed by atoms with Gasteiger partial charge in [-0.25, -0.2) is 17.5 Å². The fourth-order valence-electron chi connectivity index (χ4n) is 1.86. The van der Waals surface area contributed by atoms with Crippen LogP contribution in [0.25, 0.3) is 0 Å². The van der Waals surface area contributed by atoms with Gasteiger partial charge in [0.25, 0.3) is 0 Å². The Balaban J connectivity index is 2.17. The first kappa shape index (κ1) is 15.9. The van der Waals surface area contributed by atoms with Crippen molar-refractivity contribution in [1.29, 1.82) is 0 Å². The zero-order valence-corrected chi connectivity index (χ0v) is 13.0. The van der Waals surface area contributed by atoms with E-state index in [0.717, 1.165) is 12.0 Å². The molecular weight excluding hydrogens is 313 g/mol. The molecule has 0 fully saturated rings. The van der Waals surface area contributed by atoms with Crippen molar-refractivity contribution < 1.29 is 12.8 Å². The van der Waals surface area contributed by atoms with Crippen molar-refractivity contribution in [3.05, 3.63) is 64.4 Å². The third kappa shape index (κ3) is 3.81. The third-order valence-corrected chi connectivity index (χ3v) is 4.91. The van der Waals surface area contributed by atoms with Gasteiger partial charge in [0.2, 0.25) is 10.0 Å². The van der Waals surface area contributed by atoms with Crippen LogP contribution in [0, 0.1) is 5.82 Å². The van der Waals surface area contributed by atoms with Crippen LogP contribution in [0.4, 0.5) is 4.39 Å². The summed E-state index contributed by atoms with van der Waals surface area (Å²) in [5.41, 5.74) is 1.18. The summed E-state index contributed by atoms with van der Waals surface area (Å²) < 4.78 is 40.3. The molecule has 0 bridgehead atoms. The Morgan fingerprint density at radius 2 is 1.81 bits per heavy atom. The van der Waals surface area contributed by atoms with E-state index in [9.17, 15) is 12.8 Å². The number of nitrogens with one attached hydrogen (secondary N) is 1. The van der Waals surface area contributed by atoms with E-state index in [-0.39, 0.29) is 22.0 Å². The highest BCUT2D eigenvalue weighted by Gasteiger charge is 2.15. The third-order valence-electron chi connectivity index (χ3n) is 3.14. The lowest BCUT2D eigenvalue weighted by Gasteiger charge is -2.09. The summed E-state index contributed by atoms with van der Waals surface area (Å²) in [7, 11) is -3.69. The zero-order chi connectivity index (χ0) is 15.5. The van der Waals surface area contributed by atoms with Gasteiger partial charge in [-0.05, 0) is 36.2 Å². The Morgan fingerprint density at radius 1 is 1.14 bits per heavy atom. The SMILES string of the molecule is CCc1ccc(S(=O)(=O)NCc2c(F)cccc2Cl)cc1. The fraction of sp³-hybridized carbons (Fsp3) is 0.200. The minimum atomic E-state index is -3.69. The van der Waals surface area contributed by atoms with Gasteiger partial charge in [0, 0.05) is 17.1 Å². The van der Waals surface area contributed by atoms with E-state index < -0.39 is 15.8 Å². The van der Waals surface area contributed by atoms with Crippen molar-refractivity contribution in [3.63, 3.8) is 0 Å². The number of halogens is 2. The lowest BCUT2D eigenvalue weighted by Crippen LogP contribution is -2.24. The van der Waals surface area contributed by atoms with Crippen LogP contribution in [0.2, 0.25) is 5.02 Å². The summed E-state index contributed by atoms with van der Waals surface area (Å²) in [6, 6.07) is 10.8. The molecule has 0 saturated heterocycles. The van der Waals surface area contributed by atoms with E-state index in [4.69, 9.17) is 11.6 Å². The molecule has 0 heterocycles. The maximum absolute atomic E-state index is 13.6. The summed E-state index contributed by atoms with van der Waals surface area (Å²) >= 11 is 5.87. The van der Waals surface area contributed by atoms with Crippen molar-refractivity contribution in [2.75, 3.05) is 0 Å². The molecule has 2 rings (SSSR count). The van der Waals surface area contributed by atoms with E-state index in [1.807, 2.05) is 6.92 Å². The molecular formula is C15H15ClFNO2S. The molecule has 0 saturated carbocycles. The number of aryl methyl sites for hydroxylation is 1. The second-order valence-electron chi connectivity index (χ2n) is 4.52. The monoisotopic (exact) mass is 327 g/mol. The first-order valence-corrected chi connectivity index (χ1v) is 8.31. The minimum absolute atomic E-state index is 0.132. The van der Waals surface area contributed by atoms with Gasteiger partial charge in [-0.3, -0.25) is 0 Å². The molecule has 0 atom stereocenters. The van der Waals surface area contributed by atoms with Gasteiger partial charge in [-0.15, -0.1) is 0 Å². The maximum atomic E-state index is 13.6. The van der Waals surface area contributed by atoms with Gasteiger partial charge in [0.05, 0.1) is 4.90 Å². The van der Waals surface area contributed by atoms with Crippen LogP contribution < -0.4 is 4.72 Å². The zero-order valence-electron chi connectivity index (χ0n) is 11.4. The lowest BCUT2D eigenvalue weighted by atomic mass is 10.2. The number of rotatable bonds is 5. The number of sulfonamides is 1. The highest BCUT2D eigenvalue weighted by Crippen LogP contribution is 2.19. The van der Waals surface area contributed by atoms with Crippen LogP contribution >= 0.6 is 11.6 Å². The normalized spacial score (nSPS) is 11.6. The smallest absolute Gasteiger partial charge is 0.207 e. The van der Waals surface area contributed by atoms with Gasteiger partial charge in [-0.2, -0.15) is 0 Å². The Bertz CT molecular complexity index is 710. The van der Waals surface area contributed by atoms with Crippen molar-refractivity contribution in [2.45, 2.75) is 24.8 Å². The molecule has 21 heavy (non-hydrogen) atoms. The first-order chi connectivity index (χ1) is 9.94. The molecule has 112 valence electrons. The van der Waals surface area contributed by atoms with Crippen molar-refractivity contribution >= 4 is 21.6 Å². The van der Waals surface area contributed by atoms with Gasteiger partial charge in [0.1, 0.15) is 5.82 Å². The maximum Gasteiger partial charge on any atom is 0.240 e. The highest BCUT2D eigenvalue weighted by atomic mass is 35.5. The molecule has 0 aliphatic rings. The Hall–Kier alpha value is -1.43. The molecule has 2 aromatic carbocycles. The summed E-state index contributed by atoms with van der Waals surface area (Å²) in [6.45, 7) is 1.80. The summed E-state index contributed by atoms with van der Waals surface area (Å²) in [5, 5.41) is 0.194. The second kappa shape index (κ2) is 6.56. The molecule has 0 spiro atoms. The predicted molar refractivity (Wildman–Crippen MR) is 81.3 cm³/mol. The van der Waals surface area contributed by atoms with Crippen LogP contribution in [-0.4, -0.2) is 8.42 Å². The second-order valence-corrected chi connectivity index (χ2v) is 6.70. The van der Waals surface area contributed by atoms with Crippen LogP contribution in [0.1, 0.15) is 18.1 Å². The molecule has 6 heteroatoms. The quantitative estimate of drug-likeness (QED) is 0.913. The Morgan fingerprint density at radius 3 is 2.38 bits per heavy atom. The highest BCUT2D eigenvalue weighted by molar-refractivity contribution is 7.89. The molecule has 2 aromatic rings. The minimum Gasteiger partial charge on any atom is -0.207 e. The standard InChI is InChI=1S/C15H15ClFNO2S/c1-2-11-6-8-12(9-7-11)21(19,20)18-10-13-14(16)4-3-5-15(13)17/h3-9,18H,2,10H2,1H3. The average molecular weight is 328 g/mol. The molecule has 0 amide bonds. The van der Waals surface area contributed by atoms with Gasteiger partial charge < -0.3 is 0 Å². The summed E-state index contributed by atoms with van der Waals surface area (Å²) in [5.74, 6) is -0.536. The average Bonchev–Trinajstić information content (AvgIpc) is 2.47. The topological polar surface area (TPSA) is 46.2 Å². The van der Waals surface area contributed by atoms with Gasteiger partial charge in [-0.1, -0.05) is 36.7 Å². The molecule has 0 radical (unpaired) electrons. The largest absolute Gasteiger partial charge is 0.240 e. The summed E-state index contributed by atoms with van der Waals surface area (Å²) in [6.07, 6.45) is 0.832. The Labute approximate surface area is 128 Å². The molecule has 3 nitrogen and oxygen atoms in total. The van der Waals surface area contributed by atoms with Crippen LogP contribution in [0.3, 0.4) is 0 Å². The molecule has 0 aliphatic carbocycles. The molecule has 1 N–H and O–H groups in total. The van der Waals surface area contributed by atoms with Gasteiger partial charge >= 0.3 is 0 Å². The van der Waals surface area contributed by atoms with Crippen LogP contribution in [0.5, 0.6) is 0 Å². The van der Waals surface area contributed by atoms with E-state index in [2.05, 4.69) is 4.72 Å². The van der Waals surface area contributed by atoms with E-state index in [1.54, 1.807) is 12.1 Å². The first-order valence-electron chi connectivity index (χ1n) is 6.45. The van der Waals surface area contributed by atoms with E-state index in [0.29, 0.717) is 0 Å². The van der Waals surface area contributed by atoms with Gasteiger partial charge in [0.15, 0.2) is 0 Å². The van der Waals surface area contributed by atoms with Crippen molar-refractivity contribution in [2.24, 2.45) is 0 Å². The van der Waals surface area contributed by atoms with Crippen LogP contribution in [-0.2, 0) is 23.0 Å². The molecule has 0 aliphatic heterocycles. The fourth-order valence-corrected chi connectivity index (χ4v) is 3.08. The Kier molecular flexibility index (Phi) is 4.98. The number of hydrogen-bond acceptors (Lipinski definition) is 2. The number of benzene rings is 2. The molecule has 0 unspecified atom stereocenters. The number of hydrogen-bond donors (Lipinski definition) is 1. The van der Waals surface area contributed by atoms with E-state index in [1.165, 1.54) is 30.3 Å². The lowest BCUT2D eigenvalue weighted by molar-refractivity contribution is 0.574. The van der Waals surface area contributed by atoms with Crippen LogP contribution in [0.15, 0.2) is 47.4 Å². The molecule has 0 aromatic heterocycles. The van der Waals surface area contributed by atoms with E-state index >= 15 is 0 Å².